The smallest absolute Gasteiger partial charge is 0.343 e. The molecule has 0 heterocycles. The maximum Gasteiger partial charge on any atom is 0.343 e. The number of unbranched alkanes of at least 4 members (excludes halogenated alkanes) is 4. The fraction of sp³-hybridized carbons (Fsp3) is 0.333. The molecule has 0 unspecified atom stereocenters. The number of nitriles is 1. The zero-order valence-corrected chi connectivity index (χ0v) is 14.1. The number of carbonyl (C=O) groups excluding carboxylic acids is 1. The van der Waals surface area contributed by atoms with Crippen LogP contribution in [0.3, 0.4) is 0 Å². The first kappa shape index (κ1) is 17.7. The van der Waals surface area contributed by atoms with Gasteiger partial charge in [0.05, 0.1) is 11.1 Å². The standard InChI is InChI=1S/C21H23NO2/c1-2-3-4-5-6-9-17-12-14-18(15-13-17)21(23)24-20-11-8-7-10-19(20)16-22/h7-8,10-15H,2-6,9H2,1H3. The molecule has 0 atom stereocenters. The average Bonchev–Trinajstić information content (AvgIpc) is 2.62. The molecule has 0 aliphatic heterocycles. The topological polar surface area (TPSA) is 50.1 Å². The van der Waals surface area contributed by atoms with Gasteiger partial charge < -0.3 is 4.74 Å². The Bertz CT molecular complexity index is 699. The Kier molecular flexibility index (Phi) is 7.04. The van der Waals surface area contributed by atoms with E-state index in [1.165, 1.54) is 37.7 Å². The zero-order valence-electron chi connectivity index (χ0n) is 14.1. The summed E-state index contributed by atoms with van der Waals surface area (Å²) in [5.41, 5.74) is 2.09. The maximum atomic E-state index is 12.2. The summed E-state index contributed by atoms with van der Waals surface area (Å²) in [5.74, 6) is -0.141. The van der Waals surface area contributed by atoms with E-state index in [0.29, 0.717) is 16.9 Å². The first-order chi connectivity index (χ1) is 11.7. The van der Waals surface area contributed by atoms with Gasteiger partial charge in [-0.05, 0) is 42.7 Å². The highest BCUT2D eigenvalue weighted by molar-refractivity contribution is 5.91. The molecule has 0 radical (unpaired) electrons. The lowest BCUT2D eigenvalue weighted by molar-refractivity contribution is 0.0734. The van der Waals surface area contributed by atoms with Gasteiger partial charge in [0.1, 0.15) is 11.8 Å². The van der Waals surface area contributed by atoms with Crippen LogP contribution in [0.25, 0.3) is 0 Å². The van der Waals surface area contributed by atoms with Gasteiger partial charge >= 0.3 is 5.97 Å². The van der Waals surface area contributed by atoms with Crippen LogP contribution >= 0.6 is 0 Å². The van der Waals surface area contributed by atoms with E-state index in [0.717, 1.165) is 6.42 Å². The van der Waals surface area contributed by atoms with Gasteiger partial charge in [-0.3, -0.25) is 0 Å². The van der Waals surface area contributed by atoms with Crippen LogP contribution in [-0.2, 0) is 6.42 Å². The van der Waals surface area contributed by atoms with E-state index >= 15 is 0 Å². The van der Waals surface area contributed by atoms with E-state index in [4.69, 9.17) is 10.00 Å². The summed E-state index contributed by atoms with van der Waals surface area (Å²) < 4.78 is 5.33. The van der Waals surface area contributed by atoms with Gasteiger partial charge in [0.15, 0.2) is 0 Å². The minimum Gasteiger partial charge on any atom is -0.422 e. The number of esters is 1. The summed E-state index contributed by atoms with van der Waals surface area (Å²) in [6.45, 7) is 2.22. The van der Waals surface area contributed by atoms with Crippen molar-refractivity contribution in [2.24, 2.45) is 0 Å². The molecule has 0 aliphatic rings. The third-order valence-electron chi connectivity index (χ3n) is 3.97. The van der Waals surface area contributed by atoms with Gasteiger partial charge in [0.25, 0.3) is 0 Å². The van der Waals surface area contributed by atoms with Crippen molar-refractivity contribution in [3.63, 3.8) is 0 Å². The summed E-state index contributed by atoms with van der Waals surface area (Å²) in [7, 11) is 0. The quantitative estimate of drug-likeness (QED) is 0.377. The number of nitrogens with zero attached hydrogens (tertiary/aromatic N) is 1. The maximum absolute atomic E-state index is 12.2. The zero-order chi connectivity index (χ0) is 17.2. The lowest BCUT2D eigenvalue weighted by Gasteiger charge is -2.07. The molecule has 3 nitrogen and oxygen atoms in total. The van der Waals surface area contributed by atoms with Crippen LogP contribution in [0, 0.1) is 11.3 Å². The van der Waals surface area contributed by atoms with Gasteiger partial charge in [0, 0.05) is 0 Å². The van der Waals surface area contributed by atoms with E-state index in [1.807, 2.05) is 18.2 Å². The third-order valence-corrected chi connectivity index (χ3v) is 3.97. The first-order valence-corrected chi connectivity index (χ1v) is 8.55. The molecule has 0 saturated heterocycles. The second-order valence-electron chi connectivity index (χ2n) is 5.86. The lowest BCUT2D eigenvalue weighted by Crippen LogP contribution is -2.09. The molecule has 2 rings (SSSR count). The van der Waals surface area contributed by atoms with E-state index < -0.39 is 5.97 Å². The van der Waals surface area contributed by atoms with Gasteiger partial charge in [0.2, 0.25) is 0 Å². The SMILES string of the molecule is CCCCCCCc1ccc(C(=O)Oc2ccccc2C#N)cc1. The molecular formula is C21H23NO2. The normalized spacial score (nSPS) is 10.2. The summed E-state index contributed by atoms with van der Waals surface area (Å²) in [6.07, 6.45) is 7.32. The molecule has 2 aromatic rings. The average molecular weight is 321 g/mol. The molecule has 0 aromatic heterocycles. The molecule has 0 saturated carbocycles. The fourth-order valence-electron chi connectivity index (χ4n) is 2.55. The van der Waals surface area contributed by atoms with Crippen LogP contribution in [0.5, 0.6) is 5.75 Å². The number of para-hydroxylation sites is 1. The minimum atomic E-state index is -0.438. The Morgan fingerprint density at radius 3 is 2.42 bits per heavy atom. The number of aryl methyl sites for hydroxylation is 1. The van der Waals surface area contributed by atoms with Crippen molar-refractivity contribution in [1.82, 2.24) is 0 Å². The number of hydrogen-bond donors (Lipinski definition) is 0. The number of hydrogen-bond acceptors (Lipinski definition) is 3. The van der Waals surface area contributed by atoms with Gasteiger partial charge in [-0.15, -0.1) is 0 Å². The molecule has 0 amide bonds. The molecule has 0 aliphatic carbocycles. The lowest BCUT2D eigenvalue weighted by atomic mass is 10.0. The van der Waals surface area contributed by atoms with Crippen molar-refractivity contribution in [2.45, 2.75) is 45.4 Å². The molecule has 24 heavy (non-hydrogen) atoms. The predicted octanol–water partition coefficient (Wildman–Crippen LogP) is 5.29. The number of carbonyl (C=O) groups is 1. The predicted molar refractivity (Wildman–Crippen MR) is 95.0 cm³/mol. The van der Waals surface area contributed by atoms with Crippen molar-refractivity contribution in [3.8, 4) is 11.8 Å². The largest absolute Gasteiger partial charge is 0.422 e. The fourth-order valence-corrected chi connectivity index (χ4v) is 2.55. The molecular weight excluding hydrogens is 298 g/mol. The van der Waals surface area contributed by atoms with Crippen molar-refractivity contribution < 1.29 is 9.53 Å². The van der Waals surface area contributed by atoms with E-state index in [-0.39, 0.29) is 0 Å². The van der Waals surface area contributed by atoms with Crippen molar-refractivity contribution in [3.05, 3.63) is 65.2 Å². The minimum absolute atomic E-state index is 0.296. The summed E-state index contributed by atoms with van der Waals surface area (Å²) in [5, 5.41) is 9.03. The van der Waals surface area contributed by atoms with E-state index in [1.54, 1.807) is 36.4 Å². The van der Waals surface area contributed by atoms with Crippen LogP contribution in [0.15, 0.2) is 48.5 Å². The summed E-state index contributed by atoms with van der Waals surface area (Å²) >= 11 is 0. The van der Waals surface area contributed by atoms with Crippen molar-refractivity contribution in [2.75, 3.05) is 0 Å². The molecule has 2 aromatic carbocycles. The molecule has 124 valence electrons. The molecule has 0 bridgehead atoms. The van der Waals surface area contributed by atoms with Gasteiger partial charge in [-0.25, -0.2) is 4.79 Å². The van der Waals surface area contributed by atoms with Crippen LogP contribution in [0.4, 0.5) is 0 Å². The number of rotatable bonds is 8. The number of ether oxygens (including phenoxy) is 1. The molecule has 0 spiro atoms. The Morgan fingerprint density at radius 2 is 1.71 bits per heavy atom. The molecule has 3 heteroatoms. The Morgan fingerprint density at radius 1 is 1.00 bits per heavy atom. The van der Waals surface area contributed by atoms with Crippen LogP contribution in [0.1, 0.15) is 60.5 Å². The second kappa shape index (κ2) is 9.52. The monoisotopic (exact) mass is 321 g/mol. The highest BCUT2D eigenvalue weighted by Gasteiger charge is 2.11. The third kappa shape index (κ3) is 5.24. The summed E-state index contributed by atoms with van der Waals surface area (Å²) in [6, 6.07) is 16.3. The van der Waals surface area contributed by atoms with E-state index in [9.17, 15) is 4.79 Å². The Hall–Kier alpha value is -2.60. The van der Waals surface area contributed by atoms with Gasteiger partial charge in [-0.2, -0.15) is 5.26 Å². The molecule has 0 N–H and O–H groups in total. The van der Waals surface area contributed by atoms with Crippen molar-refractivity contribution in [1.29, 1.82) is 5.26 Å². The number of benzene rings is 2. The van der Waals surface area contributed by atoms with Crippen LogP contribution < -0.4 is 4.74 Å². The summed E-state index contributed by atoms with van der Waals surface area (Å²) in [4.78, 5) is 12.2. The van der Waals surface area contributed by atoms with Crippen LogP contribution in [0.2, 0.25) is 0 Å². The highest BCUT2D eigenvalue weighted by atomic mass is 16.5. The van der Waals surface area contributed by atoms with Gasteiger partial charge in [-0.1, -0.05) is 56.9 Å². The van der Waals surface area contributed by atoms with E-state index in [2.05, 4.69) is 6.92 Å². The first-order valence-electron chi connectivity index (χ1n) is 8.55. The highest BCUT2D eigenvalue weighted by Crippen LogP contribution is 2.18. The second-order valence-corrected chi connectivity index (χ2v) is 5.86. The van der Waals surface area contributed by atoms with Crippen molar-refractivity contribution >= 4 is 5.97 Å². The Balaban J connectivity index is 1.90. The molecule has 0 fully saturated rings. The van der Waals surface area contributed by atoms with Crippen LogP contribution in [-0.4, -0.2) is 5.97 Å². The Labute approximate surface area is 143 Å².